The summed E-state index contributed by atoms with van der Waals surface area (Å²) in [5.41, 5.74) is 3.97. The average Bonchev–Trinajstić information content (AvgIpc) is 3.88. The van der Waals surface area contributed by atoms with E-state index in [0.717, 1.165) is 46.7 Å². The molecule has 4 aliphatic rings. The van der Waals surface area contributed by atoms with Gasteiger partial charge in [-0.2, -0.15) is 0 Å². The molecule has 6 rings (SSSR count). The summed E-state index contributed by atoms with van der Waals surface area (Å²) in [7, 11) is 0. The Bertz CT molecular complexity index is 1090. The fraction of sp³-hybridized carbons (Fsp3) is 0. The van der Waals surface area contributed by atoms with Gasteiger partial charge in [0.25, 0.3) is 0 Å². The largest absolute Gasteiger partial charge is 2.00 e. The normalized spacial score (nSPS) is 18.8. The third kappa shape index (κ3) is 13.5. The van der Waals surface area contributed by atoms with Crippen molar-refractivity contribution in [3.8, 4) is 11.8 Å². The molecule has 2 aromatic carbocycles. The van der Waals surface area contributed by atoms with Crippen molar-refractivity contribution in [3.05, 3.63) is 209 Å². The molecule has 0 atom stereocenters. The number of allylic oxidation sites excluding steroid dienone is 2. The van der Waals surface area contributed by atoms with E-state index in [2.05, 4.69) is 11.8 Å². The molecule has 0 aliphatic heterocycles. The first-order valence-electron chi connectivity index (χ1n) is 13.6. The molecule has 4 aliphatic carbocycles. The molecule has 0 unspecified atom stereocenters. The van der Waals surface area contributed by atoms with Gasteiger partial charge in [-0.1, -0.05) is 60.4 Å². The minimum atomic E-state index is 0. The maximum atomic E-state index is 11.0. The second-order valence-electron chi connectivity index (χ2n) is 9.19. The van der Waals surface area contributed by atoms with Crippen LogP contribution in [0.5, 0.6) is 0 Å². The molecule has 4 heteroatoms. The predicted octanol–water partition coefficient (Wildman–Crippen LogP) is 7.10. The van der Waals surface area contributed by atoms with Crippen LogP contribution in [0, 0.1) is 138 Å². The Hall–Kier alpha value is -2.14. The molecular formula is C40H30Fe2O2+4. The molecule has 0 saturated heterocycles. The predicted molar refractivity (Wildman–Crippen MR) is 171 cm³/mol. The van der Waals surface area contributed by atoms with Crippen LogP contribution in [0.1, 0.15) is 22.3 Å². The van der Waals surface area contributed by atoms with Crippen molar-refractivity contribution in [2.45, 2.75) is 0 Å². The number of carbonyl (C=O) groups is 2. The van der Waals surface area contributed by atoms with Gasteiger partial charge in [-0.3, -0.25) is 0 Å². The maximum absolute atomic E-state index is 11.0. The first-order valence-corrected chi connectivity index (χ1v) is 13.6. The molecule has 4 fully saturated rings. The van der Waals surface area contributed by atoms with Gasteiger partial charge in [-0.15, -0.1) is 0 Å². The SMILES string of the molecule is O=C[C]1[CH][CH][CH][C]1/C=C/c1ccc(C#Cc2ccc(/C=C/[C]3[CH][CH][CH][C]3C=O)cc2)cc1.[CH]1[CH][CH][CH][CH]1.[CH]1[CH][CH][CH][CH]1.[Fe+2].[Fe+2]. The van der Waals surface area contributed by atoms with E-state index in [1.807, 2.05) is 163 Å². The summed E-state index contributed by atoms with van der Waals surface area (Å²) in [6, 6.07) is 16.0. The van der Waals surface area contributed by atoms with E-state index in [1.165, 1.54) is 0 Å². The Morgan fingerprint density at radius 1 is 0.364 bits per heavy atom. The van der Waals surface area contributed by atoms with Crippen LogP contribution in [-0.4, -0.2) is 12.6 Å². The van der Waals surface area contributed by atoms with Crippen molar-refractivity contribution in [2.24, 2.45) is 0 Å². The fourth-order valence-electron chi connectivity index (χ4n) is 3.93. The monoisotopic (exact) mass is 654 g/mol. The Kier molecular flexibility index (Phi) is 19.3. The topological polar surface area (TPSA) is 34.1 Å². The van der Waals surface area contributed by atoms with Gasteiger partial charge in [0, 0.05) is 23.0 Å². The van der Waals surface area contributed by atoms with E-state index >= 15 is 0 Å². The smallest absolute Gasteiger partial charge is 0.303 e. The third-order valence-electron chi connectivity index (χ3n) is 6.22. The molecule has 0 amide bonds. The van der Waals surface area contributed by atoms with Crippen molar-refractivity contribution in [1.29, 1.82) is 0 Å². The Morgan fingerprint density at radius 3 is 0.955 bits per heavy atom. The fourth-order valence-corrected chi connectivity index (χ4v) is 3.93. The van der Waals surface area contributed by atoms with Gasteiger partial charge in [-0.05, 0) is 138 Å². The molecule has 214 valence electrons. The number of rotatable bonds is 6. The zero-order valence-electron chi connectivity index (χ0n) is 23.8. The van der Waals surface area contributed by atoms with Crippen LogP contribution in [-0.2, 0) is 43.7 Å². The quantitative estimate of drug-likeness (QED) is 0.189. The first kappa shape index (κ1) is 38.0. The van der Waals surface area contributed by atoms with Crippen LogP contribution in [0.3, 0.4) is 0 Å². The summed E-state index contributed by atoms with van der Waals surface area (Å²) in [5.74, 6) is 9.60. The Labute approximate surface area is 288 Å². The summed E-state index contributed by atoms with van der Waals surface area (Å²) in [6.45, 7) is 0. The number of hydrogen-bond donors (Lipinski definition) is 0. The number of carbonyl (C=O) groups excluding carboxylic acids is 2. The minimum absolute atomic E-state index is 0. The van der Waals surface area contributed by atoms with Gasteiger partial charge in [0.2, 0.25) is 0 Å². The summed E-state index contributed by atoms with van der Waals surface area (Å²) < 4.78 is 0. The molecule has 0 bridgehead atoms. The standard InChI is InChI=1S/C30H20O2.2C5H5.2Fe/c31-21-29-5-1-3-27(29)19-17-25-13-9-23(10-14-25)7-8-24-11-15-26(16-12-24)18-20-28-4-2-6-30(28)22-32;2*1-2-4-5-3-1;;/h1-6,9-22H;2*1-5H;;/q;;;2*+2/b19-17+,20-18+;;;;. The van der Waals surface area contributed by atoms with E-state index in [4.69, 9.17) is 0 Å². The summed E-state index contributed by atoms with van der Waals surface area (Å²) in [5, 5.41) is 0. The van der Waals surface area contributed by atoms with Gasteiger partial charge < -0.3 is 9.59 Å². The number of aldehydes is 2. The van der Waals surface area contributed by atoms with Crippen molar-refractivity contribution in [3.63, 3.8) is 0 Å². The van der Waals surface area contributed by atoms with E-state index < -0.39 is 0 Å². The van der Waals surface area contributed by atoms with Gasteiger partial charge in [0.1, 0.15) is 12.6 Å². The molecule has 0 N–H and O–H groups in total. The van der Waals surface area contributed by atoms with Crippen LogP contribution >= 0.6 is 0 Å². The van der Waals surface area contributed by atoms with Crippen LogP contribution in [0.25, 0.3) is 12.2 Å². The molecule has 4 saturated carbocycles. The van der Waals surface area contributed by atoms with Crippen molar-refractivity contribution in [2.75, 3.05) is 0 Å². The average molecular weight is 654 g/mol. The number of hydrogen-bond acceptors (Lipinski definition) is 2. The first-order chi connectivity index (χ1) is 20.7. The van der Waals surface area contributed by atoms with Gasteiger partial charge >= 0.3 is 34.1 Å². The van der Waals surface area contributed by atoms with E-state index in [-0.39, 0.29) is 34.1 Å². The zero-order valence-corrected chi connectivity index (χ0v) is 26.1. The molecule has 0 spiro atoms. The van der Waals surface area contributed by atoms with Crippen molar-refractivity contribution < 1.29 is 43.7 Å². The van der Waals surface area contributed by atoms with Crippen LogP contribution < -0.4 is 0 Å². The Morgan fingerprint density at radius 2 is 0.659 bits per heavy atom. The van der Waals surface area contributed by atoms with E-state index in [1.54, 1.807) is 12.8 Å². The second kappa shape index (κ2) is 22.4. The maximum Gasteiger partial charge on any atom is 2.00 e. The van der Waals surface area contributed by atoms with Crippen LogP contribution in [0.2, 0.25) is 0 Å². The van der Waals surface area contributed by atoms with Crippen LogP contribution in [0.4, 0.5) is 0 Å². The Balaban J connectivity index is 0.000000476. The zero-order chi connectivity index (χ0) is 29.2. The van der Waals surface area contributed by atoms with E-state index in [0.29, 0.717) is 11.8 Å². The summed E-state index contributed by atoms with van der Waals surface area (Å²) >= 11 is 0. The van der Waals surface area contributed by atoms with E-state index in [9.17, 15) is 9.59 Å². The molecule has 2 aromatic rings. The van der Waals surface area contributed by atoms with Crippen molar-refractivity contribution >= 4 is 24.7 Å². The van der Waals surface area contributed by atoms with Gasteiger partial charge in [-0.25, -0.2) is 0 Å². The van der Waals surface area contributed by atoms with Gasteiger partial charge in [0.05, 0.1) is 11.8 Å². The van der Waals surface area contributed by atoms with Gasteiger partial charge in [0.15, 0.2) is 0 Å². The molecule has 2 nitrogen and oxygen atoms in total. The molecule has 0 heterocycles. The van der Waals surface area contributed by atoms with Crippen LogP contribution in [0.15, 0.2) is 60.7 Å². The second-order valence-corrected chi connectivity index (χ2v) is 9.19. The summed E-state index contributed by atoms with van der Waals surface area (Å²) in [4.78, 5) is 22.0. The molecule has 0 aromatic heterocycles. The minimum Gasteiger partial charge on any atom is -0.303 e. The molecule has 20 radical (unpaired) electrons. The third-order valence-corrected chi connectivity index (χ3v) is 6.22. The molecule has 44 heavy (non-hydrogen) atoms. The summed E-state index contributed by atoms with van der Waals surface area (Å²) in [6.07, 6.45) is 40.8. The number of benzene rings is 2. The van der Waals surface area contributed by atoms with Crippen molar-refractivity contribution in [1.82, 2.24) is 0 Å². The molecular weight excluding hydrogens is 624 g/mol.